The third-order valence-corrected chi connectivity index (χ3v) is 6.10. The van der Waals surface area contributed by atoms with E-state index in [-0.39, 0.29) is 0 Å². The number of fused-ring (bicyclic) bond motifs is 5. The first-order chi connectivity index (χ1) is 14.7. The van der Waals surface area contributed by atoms with Crippen LogP contribution in [-0.2, 0) is 13.0 Å². The van der Waals surface area contributed by atoms with Crippen LogP contribution in [0.2, 0.25) is 0 Å². The fourth-order valence-electron chi connectivity index (χ4n) is 4.69. The van der Waals surface area contributed by atoms with E-state index in [0.717, 1.165) is 49.2 Å². The van der Waals surface area contributed by atoms with Crippen molar-refractivity contribution in [2.24, 2.45) is 0 Å². The van der Waals surface area contributed by atoms with E-state index in [1.165, 1.54) is 27.3 Å². The number of pyridine rings is 1. The van der Waals surface area contributed by atoms with Crippen molar-refractivity contribution < 1.29 is 9.90 Å². The maximum absolute atomic E-state index is 11.3. The summed E-state index contributed by atoms with van der Waals surface area (Å²) in [6.07, 6.45) is 2.13. The number of carbonyl (C=O) groups is 1. The minimum absolute atomic E-state index is 0.298. The summed E-state index contributed by atoms with van der Waals surface area (Å²) in [5, 5.41) is 13.0. The first-order valence-corrected chi connectivity index (χ1v) is 10.5. The van der Waals surface area contributed by atoms with E-state index in [2.05, 4.69) is 48.2 Å². The van der Waals surface area contributed by atoms with Crippen molar-refractivity contribution in [2.45, 2.75) is 26.3 Å². The summed E-state index contributed by atoms with van der Waals surface area (Å²) >= 11 is 0. The number of benzene rings is 3. The molecule has 1 N–H and O–H groups in total. The predicted octanol–water partition coefficient (Wildman–Crippen LogP) is 5.52. The number of aromatic nitrogens is 1. The third-order valence-electron chi connectivity index (χ3n) is 6.10. The van der Waals surface area contributed by atoms with Crippen molar-refractivity contribution in [3.05, 3.63) is 77.4 Å². The summed E-state index contributed by atoms with van der Waals surface area (Å²) in [5.41, 5.74) is 5.93. The van der Waals surface area contributed by atoms with E-state index in [1.54, 1.807) is 12.1 Å². The van der Waals surface area contributed by atoms with Crippen LogP contribution in [0.5, 0.6) is 0 Å². The zero-order chi connectivity index (χ0) is 20.7. The van der Waals surface area contributed by atoms with Gasteiger partial charge in [0.25, 0.3) is 0 Å². The number of rotatable bonds is 4. The minimum atomic E-state index is -0.907. The van der Waals surface area contributed by atoms with Crippen molar-refractivity contribution in [3.63, 3.8) is 0 Å². The third kappa shape index (κ3) is 3.14. The van der Waals surface area contributed by atoms with Crippen LogP contribution in [0, 0.1) is 0 Å². The molecule has 1 aromatic heterocycles. The molecule has 0 amide bonds. The molecule has 1 aliphatic heterocycles. The molecule has 150 valence electrons. The van der Waals surface area contributed by atoms with Gasteiger partial charge < -0.3 is 5.11 Å². The van der Waals surface area contributed by atoms with Crippen LogP contribution in [0.4, 0.5) is 0 Å². The molecule has 0 bridgehead atoms. The van der Waals surface area contributed by atoms with Crippen molar-refractivity contribution in [3.8, 4) is 11.3 Å². The second-order valence-corrected chi connectivity index (χ2v) is 8.01. The topological polar surface area (TPSA) is 53.4 Å². The van der Waals surface area contributed by atoms with Gasteiger partial charge in [-0.1, -0.05) is 49.4 Å². The minimum Gasteiger partial charge on any atom is -0.478 e. The van der Waals surface area contributed by atoms with Gasteiger partial charge in [-0.15, -0.1) is 0 Å². The summed E-state index contributed by atoms with van der Waals surface area (Å²) in [7, 11) is 0. The molecule has 5 rings (SSSR count). The number of carboxylic acid groups (broad SMARTS) is 1. The van der Waals surface area contributed by atoms with Crippen molar-refractivity contribution in [1.29, 1.82) is 0 Å². The van der Waals surface area contributed by atoms with Crippen molar-refractivity contribution in [1.82, 2.24) is 9.88 Å². The van der Waals surface area contributed by atoms with Gasteiger partial charge >= 0.3 is 5.97 Å². The first kappa shape index (κ1) is 18.8. The number of aromatic carboxylic acids is 1. The lowest BCUT2D eigenvalue weighted by Gasteiger charge is -2.31. The van der Waals surface area contributed by atoms with Gasteiger partial charge in [0, 0.05) is 24.0 Å². The second kappa shape index (κ2) is 7.54. The standard InChI is InChI=1S/C26H24N2O2/c1-2-14-28-15-13-21-22(16-28)25(18-7-9-19(10-8-18)26(29)30)27-23-12-11-17-5-3-4-6-20(17)24(21)23/h3-12H,2,13-16H2,1H3,(H,29,30). The van der Waals surface area contributed by atoms with Crippen LogP contribution in [0.3, 0.4) is 0 Å². The van der Waals surface area contributed by atoms with E-state index in [0.29, 0.717) is 5.56 Å². The highest BCUT2D eigenvalue weighted by Gasteiger charge is 2.24. The van der Waals surface area contributed by atoms with Crippen LogP contribution in [0.1, 0.15) is 34.8 Å². The molecule has 4 nitrogen and oxygen atoms in total. The Morgan fingerprint density at radius 2 is 1.83 bits per heavy atom. The summed E-state index contributed by atoms with van der Waals surface area (Å²) < 4.78 is 0. The van der Waals surface area contributed by atoms with Crippen LogP contribution >= 0.6 is 0 Å². The van der Waals surface area contributed by atoms with Gasteiger partial charge in [-0.3, -0.25) is 4.90 Å². The van der Waals surface area contributed by atoms with Crippen molar-refractivity contribution in [2.75, 3.05) is 13.1 Å². The Morgan fingerprint density at radius 1 is 1.03 bits per heavy atom. The van der Waals surface area contributed by atoms with Crippen LogP contribution in [0.25, 0.3) is 32.9 Å². The molecule has 4 heteroatoms. The largest absolute Gasteiger partial charge is 0.478 e. The summed E-state index contributed by atoms with van der Waals surface area (Å²) in [6, 6.07) is 19.9. The molecule has 0 radical (unpaired) electrons. The first-order valence-electron chi connectivity index (χ1n) is 10.5. The van der Waals surface area contributed by atoms with E-state index >= 15 is 0 Å². The lowest BCUT2D eigenvalue weighted by molar-refractivity contribution is 0.0697. The fourth-order valence-corrected chi connectivity index (χ4v) is 4.69. The van der Waals surface area contributed by atoms with Gasteiger partial charge in [0.05, 0.1) is 16.8 Å². The summed E-state index contributed by atoms with van der Waals surface area (Å²) in [5.74, 6) is -0.907. The Morgan fingerprint density at radius 3 is 2.60 bits per heavy atom. The predicted molar refractivity (Wildman–Crippen MR) is 121 cm³/mol. The van der Waals surface area contributed by atoms with Crippen molar-refractivity contribution >= 4 is 27.6 Å². The fraction of sp³-hybridized carbons (Fsp3) is 0.231. The lowest BCUT2D eigenvalue weighted by Crippen LogP contribution is -2.32. The lowest BCUT2D eigenvalue weighted by atomic mass is 9.89. The van der Waals surface area contributed by atoms with Gasteiger partial charge in [-0.05, 0) is 59.5 Å². The smallest absolute Gasteiger partial charge is 0.335 e. The van der Waals surface area contributed by atoms with E-state index in [4.69, 9.17) is 4.98 Å². The average molecular weight is 396 g/mol. The molecule has 0 spiro atoms. The number of carboxylic acids is 1. The molecule has 1 aliphatic rings. The SMILES string of the molecule is CCCN1CCc2c(c(-c3ccc(C(=O)O)cc3)nc3ccc4ccccc4c23)C1. The maximum atomic E-state index is 11.3. The highest BCUT2D eigenvalue weighted by atomic mass is 16.4. The quantitative estimate of drug-likeness (QED) is 0.461. The second-order valence-electron chi connectivity index (χ2n) is 8.01. The summed E-state index contributed by atoms with van der Waals surface area (Å²) in [4.78, 5) is 18.9. The maximum Gasteiger partial charge on any atom is 0.335 e. The van der Waals surface area contributed by atoms with Gasteiger partial charge in [-0.25, -0.2) is 9.78 Å². The highest BCUT2D eigenvalue weighted by molar-refractivity contribution is 6.09. The molecule has 2 heterocycles. The van der Waals surface area contributed by atoms with Gasteiger partial charge in [0.1, 0.15) is 0 Å². The van der Waals surface area contributed by atoms with Gasteiger partial charge in [0.2, 0.25) is 0 Å². The monoisotopic (exact) mass is 396 g/mol. The molecule has 0 unspecified atom stereocenters. The Kier molecular flexibility index (Phi) is 4.72. The van der Waals surface area contributed by atoms with Crippen LogP contribution in [0.15, 0.2) is 60.7 Å². The Labute approximate surface area is 175 Å². The Bertz CT molecular complexity index is 1260. The molecular weight excluding hydrogens is 372 g/mol. The van der Waals surface area contributed by atoms with Gasteiger partial charge in [0.15, 0.2) is 0 Å². The Hall–Kier alpha value is -3.24. The van der Waals surface area contributed by atoms with Crippen LogP contribution < -0.4 is 0 Å². The van der Waals surface area contributed by atoms with E-state index in [9.17, 15) is 9.90 Å². The molecule has 0 atom stereocenters. The average Bonchev–Trinajstić information content (AvgIpc) is 2.78. The summed E-state index contributed by atoms with van der Waals surface area (Å²) in [6.45, 7) is 5.23. The molecule has 3 aromatic carbocycles. The van der Waals surface area contributed by atoms with E-state index in [1.807, 2.05) is 12.1 Å². The molecule has 4 aromatic rings. The number of hydrogen-bond acceptors (Lipinski definition) is 3. The van der Waals surface area contributed by atoms with Gasteiger partial charge in [-0.2, -0.15) is 0 Å². The Balaban J connectivity index is 1.77. The van der Waals surface area contributed by atoms with Crippen LogP contribution in [-0.4, -0.2) is 34.0 Å². The molecule has 0 aliphatic carbocycles. The molecule has 0 fully saturated rings. The molecule has 30 heavy (non-hydrogen) atoms. The number of hydrogen-bond donors (Lipinski definition) is 1. The zero-order valence-corrected chi connectivity index (χ0v) is 17.1. The molecule has 0 saturated heterocycles. The molecule has 0 saturated carbocycles. The molecular formula is C26H24N2O2. The zero-order valence-electron chi connectivity index (χ0n) is 17.1. The highest BCUT2D eigenvalue weighted by Crippen LogP contribution is 2.37. The van der Waals surface area contributed by atoms with E-state index < -0.39 is 5.97 Å². The number of nitrogens with zero attached hydrogens (tertiary/aromatic N) is 2. The normalized spacial score (nSPS) is 14.2.